The highest BCUT2D eigenvalue weighted by Gasteiger charge is 2.34. The van der Waals surface area contributed by atoms with Crippen LogP contribution in [0.25, 0.3) is 0 Å². The fourth-order valence-corrected chi connectivity index (χ4v) is 5.18. The fourth-order valence-electron chi connectivity index (χ4n) is 3.43. The van der Waals surface area contributed by atoms with Crippen molar-refractivity contribution in [1.29, 1.82) is 0 Å². The summed E-state index contributed by atoms with van der Waals surface area (Å²) in [6.45, 7) is 2.65. The van der Waals surface area contributed by atoms with Gasteiger partial charge in [-0.15, -0.1) is 0 Å². The third-order valence-electron chi connectivity index (χ3n) is 4.67. The van der Waals surface area contributed by atoms with Gasteiger partial charge >= 0.3 is 0 Å². The highest BCUT2D eigenvalue weighted by Crippen LogP contribution is 2.41. The van der Waals surface area contributed by atoms with Gasteiger partial charge in [-0.3, -0.25) is 0 Å². The summed E-state index contributed by atoms with van der Waals surface area (Å²) in [6, 6.07) is 13.0. The quantitative estimate of drug-likeness (QED) is 0.858. The highest BCUT2D eigenvalue weighted by atomic mass is 32.2. The number of benzene rings is 2. The second kappa shape index (κ2) is 5.79. The molecule has 0 N–H and O–H groups in total. The number of sulfonamides is 1. The van der Waals surface area contributed by atoms with Crippen LogP contribution in [0, 0.1) is 0 Å². The van der Waals surface area contributed by atoms with Crippen molar-refractivity contribution in [2.75, 3.05) is 13.3 Å². The molecule has 5 nitrogen and oxygen atoms in total. The van der Waals surface area contributed by atoms with E-state index in [-0.39, 0.29) is 18.6 Å². The number of rotatable bonds is 3. The Kier molecular flexibility index (Phi) is 3.73. The largest absolute Gasteiger partial charge is 0.454 e. The van der Waals surface area contributed by atoms with Gasteiger partial charge < -0.3 is 9.47 Å². The van der Waals surface area contributed by atoms with Gasteiger partial charge in [-0.05, 0) is 42.2 Å². The van der Waals surface area contributed by atoms with Gasteiger partial charge in [0.2, 0.25) is 16.8 Å². The molecule has 0 aliphatic carbocycles. The summed E-state index contributed by atoms with van der Waals surface area (Å²) in [4.78, 5) is 0. The molecule has 2 heterocycles. The third-order valence-corrected chi connectivity index (χ3v) is 6.58. The van der Waals surface area contributed by atoms with E-state index in [1.54, 1.807) is 4.31 Å². The lowest BCUT2D eigenvalue weighted by atomic mass is 9.94. The molecule has 0 aromatic heterocycles. The SMILES string of the molecule is CC1c2cc3c(cc2CCN1S(=O)(=O)Cc1ccccc1)OCO3. The average molecular weight is 345 g/mol. The van der Waals surface area contributed by atoms with E-state index in [1.807, 2.05) is 49.4 Å². The number of hydrogen-bond acceptors (Lipinski definition) is 4. The summed E-state index contributed by atoms with van der Waals surface area (Å²) < 4.78 is 38.2. The summed E-state index contributed by atoms with van der Waals surface area (Å²) >= 11 is 0. The maximum absolute atomic E-state index is 12.9. The normalized spacial score (nSPS) is 20.0. The number of ether oxygens (including phenoxy) is 2. The van der Waals surface area contributed by atoms with Crippen molar-refractivity contribution in [3.63, 3.8) is 0 Å². The maximum Gasteiger partial charge on any atom is 0.231 e. The maximum atomic E-state index is 12.9. The van der Waals surface area contributed by atoms with Gasteiger partial charge in [-0.1, -0.05) is 30.3 Å². The Bertz CT molecular complexity index is 864. The van der Waals surface area contributed by atoms with Gasteiger partial charge in [0.05, 0.1) is 5.75 Å². The summed E-state index contributed by atoms with van der Waals surface area (Å²) in [5.74, 6) is 1.47. The minimum atomic E-state index is -3.38. The topological polar surface area (TPSA) is 55.8 Å². The van der Waals surface area contributed by atoms with Crippen LogP contribution in [0.2, 0.25) is 0 Å². The van der Waals surface area contributed by atoms with Crippen LogP contribution in [0.1, 0.15) is 29.7 Å². The van der Waals surface area contributed by atoms with Crippen molar-refractivity contribution >= 4 is 10.0 Å². The van der Waals surface area contributed by atoms with Crippen molar-refractivity contribution in [2.45, 2.75) is 25.1 Å². The van der Waals surface area contributed by atoms with Gasteiger partial charge in [0.1, 0.15) is 0 Å². The average Bonchev–Trinajstić information content (AvgIpc) is 3.01. The van der Waals surface area contributed by atoms with Gasteiger partial charge in [0.25, 0.3) is 0 Å². The zero-order valence-corrected chi connectivity index (χ0v) is 14.3. The lowest BCUT2D eigenvalue weighted by Crippen LogP contribution is -2.39. The molecule has 2 aromatic carbocycles. The molecule has 2 aliphatic rings. The molecule has 0 saturated heterocycles. The second-order valence-electron chi connectivity index (χ2n) is 6.18. The van der Waals surface area contributed by atoms with E-state index in [9.17, 15) is 8.42 Å². The smallest absolute Gasteiger partial charge is 0.231 e. The van der Waals surface area contributed by atoms with E-state index < -0.39 is 10.0 Å². The monoisotopic (exact) mass is 345 g/mol. The lowest BCUT2D eigenvalue weighted by Gasteiger charge is -2.34. The summed E-state index contributed by atoms with van der Waals surface area (Å²) in [5, 5.41) is 0. The van der Waals surface area contributed by atoms with E-state index in [4.69, 9.17) is 9.47 Å². The van der Waals surface area contributed by atoms with Gasteiger partial charge in [-0.25, -0.2) is 8.42 Å². The molecule has 0 fully saturated rings. The molecule has 2 aromatic rings. The zero-order valence-electron chi connectivity index (χ0n) is 13.4. The molecule has 0 radical (unpaired) electrons. The Morgan fingerprint density at radius 3 is 2.58 bits per heavy atom. The predicted molar refractivity (Wildman–Crippen MR) is 90.5 cm³/mol. The molecule has 24 heavy (non-hydrogen) atoms. The van der Waals surface area contributed by atoms with Crippen LogP contribution >= 0.6 is 0 Å². The molecule has 2 aliphatic heterocycles. The predicted octanol–water partition coefficient (Wildman–Crippen LogP) is 2.86. The Morgan fingerprint density at radius 2 is 1.83 bits per heavy atom. The Labute approximate surface area is 141 Å². The molecule has 6 heteroatoms. The van der Waals surface area contributed by atoms with E-state index >= 15 is 0 Å². The fraction of sp³-hybridized carbons (Fsp3) is 0.333. The number of hydrogen-bond donors (Lipinski definition) is 0. The minimum Gasteiger partial charge on any atom is -0.454 e. The van der Waals surface area contributed by atoms with Gasteiger partial charge in [-0.2, -0.15) is 4.31 Å². The first-order valence-electron chi connectivity index (χ1n) is 8.00. The van der Waals surface area contributed by atoms with Crippen molar-refractivity contribution < 1.29 is 17.9 Å². The Hall–Kier alpha value is -2.05. The van der Waals surface area contributed by atoms with E-state index in [2.05, 4.69) is 0 Å². The summed E-state index contributed by atoms with van der Waals surface area (Å²) in [6.07, 6.45) is 0.685. The first-order valence-corrected chi connectivity index (χ1v) is 9.61. The van der Waals surface area contributed by atoms with Gasteiger partial charge in [0.15, 0.2) is 11.5 Å². The summed E-state index contributed by atoms with van der Waals surface area (Å²) in [5.41, 5.74) is 2.95. The molecular weight excluding hydrogens is 326 g/mol. The molecule has 0 bridgehead atoms. The van der Waals surface area contributed by atoms with Crippen LogP contribution < -0.4 is 9.47 Å². The molecule has 0 amide bonds. The zero-order chi connectivity index (χ0) is 16.7. The molecule has 126 valence electrons. The first kappa shape index (κ1) is 15.5. The Balaban J connectivity index is 1.64. The van der Waals surface area contributed by atoms with E-state index in [0.717, 1.165) is 22.4 Å². The number of nitrogens with zero attached hydrogens (tertiary/aromatic N) is 1. The molecule has 0 saturated carbocycles. The number of fused-ring (bicyclic) bond motifs is 2. The first-order chi connectivity index (χ1) is 11.5. The van der Waals surface area contributed by atoms with Crippen molar-refractivity contribution in [2.24, 2.45) is 0 Å². The van der Waals surface area contributed by atoms with Crippen molar-refractivity contribution in [1.82, 2.24) is 4.31 Å². The standard InChI is InChI=1S/C18H19NO4S/c1-13-16-10-18-17(22-12-23-18)9-15(16)7-8-19(13)24(20,21)11-14-5-3-2-4-6-14/h2-6,9-10,13H,7-8,11-12H2,1H3. The van der Waals surface area contributed by atoms with Crippen LogP contribution in [0.3, 0.4) is 0 Å². The van der Waals surface area contributed by atoms with Crippen LogP contribution in [-0.2, 0) is 22.2 Å². The van der Waals surface area contributed by atoms with Crippen LogP contribution in [-0.4, -0.2) is 26.1 Å². The van der Waals surface area contributed by atoms with Crippen LogP contribution in [0.4, 0.5) is 0 Å². The van der Waals surface area contributed by atoms with Crippen LogP contribution in [0.5, 0.6) is 11.5 Å². The molecule has 0 spiro atoms. The summed E-state index contributed by atoms with van der Waals surface area (Å²) in [7, 11) is -3.38. The highest BCUT2D eigenvalue weighted by molar-refractivity contribution is 7.88. The van der Waals surface area contributed by atoms with E-state index in [1.165, 1.54) is 0 Å². The molecule has 4 rings (SSSR count). The molecule has 1 unspecified atom stereocenters. The molecular formula is C18H19NO4S. The second-order valence-corrected chi connectivity index (χ2v) is 8.10. The third kappa shape index (κ3) is 2.65. The van der Waals surface area contributed by atoms with Crippen molar-refractivity contribution in [3.8, 4) is 11.5 Å². The lowest BCUT2D eigenvalue weighted by molar-refractivity contribution is 0.174. The van der Waals surface area contributed by atoms with Crippen LogP contribution in [0.15, 0.2) is 42.5 Å². The molecule has 1 atom stereocenters. The van der Waals surface area contributed by atoms with Crippen molar-refractivity contribution in [3.05, 3.63) is 59.2 Å². The Morgan fingerprint density at radius 1 is 1.12 bits per heavy atom. The minimum absolute atomic E-state index is 0.0259. The van der Waals surface area contributed by atoms with Gasteiger partial charge in [0, 0.05) is 12.6 Å². The van der Waals surface area contributed by atoms with E-state index in [0.29, 0.717) is 18.7 Å².